The zero-order valence-electron chi connectivity index (χ0n) is 14.9. The van der Waals surface area contributed by atoms with Gasteiger partial charge in [0.2, 0.25) is 5.91 Å². The van der Waals surface area contributed by atoms with Gasteiger partial charge in [-0.1, -0.05) is 0 Å². The van der Waals surface area contributed by atoms with Gasteiger partial charge in [-0.25, -0.2) is 4.79 Å². The van der Waals surface area contributed by atoms with Crippen LogP contribution in [0.15, 0.2) is 17.5 Å². The molecule has 9 heteroatoms. The van der Waals surface area contributed by atoms with Crippen LogP contribution in [-0.4, -0.2) is 84.4 Å². The summed E-state index contributed by atoms with van der Waals surface area (Å²) in [7, 11) is 0. The fourth-order valence-corrected chi connectivity index (χ4v) is 3.97. The number of hydrogen-bond acceptors (Lipinski definition) is 6. The first-order valence-corrected chi connectivity index (χ1v) is 9.79. The van der Waals surface area contributed by atoms with Crippen LogP contribution in [0.5, 0.6) is 0 Å². The molecule has 2 fully saturated rings. The quantitative estimate of drug-likeness (QED) is 0.707. The molecule has 3 N–H and O–H groups in total. The van der Waals surface area contributed by atoms with Gasteiger partial charge in [-0.3, -0.25) is 15.0 Å². The second kappa shape index (κ2) is 8.81. The number of carbonyl (C=O) groups is 2. The van der Waals surface area contributed by atoms with E-state index in [0.29, 0.717) is 13.1 Å². The van der Waals surface area contributed by atoms with E-state index in [1.807, 2.05) is 22.4 Å². The van der Waals surface area contributed by atoms with E-state index in [-0.39, 0.29) is 24.6 Å². The van der Waals surface area contributed by atoms with Crippen LogP contribution in [0.4, 0.5) is 9.80 Å². The van der Waals surface area contributed by atoms with Gasteiger partial charge in [0.1, 0.15) is 6.10 Å². The van der Waals surface area contributed by atoms with Gasteiger partial charge in [0.25, 0.3) is 0 Å². The molecule has 144 valence electrons. The summed E-state index contributed by atoms with van der Waals surface area (Å²) >= 11 is 1.44. The van der Waals surface area contributed by atoms with Crippen molar-refractivity contribution in [2.45, 2.75) is 31.6 Å². The highest BCUT2D eigenvalue weighted by Crippen LogP contribution is 2.18. The molecule has 3 atom stereocenters. The molecule has 26 heavy (non-hydrogen) atoms. The number of ether oxygens (including phenoxy) is 1. The Bertz CT molecular complexity index is 612. The fraction of sp³-hybridized carbons (Fsp3) is 0.647. The van der Waals surface area contributed by atoms with Gasteiger partial charge < -0.3 is 20.1 Å². The van der Waals surface area contributed by atoms with E-state index in [0.717, 1.165) is 31.1 Å². The highest BCUT2D eigenvalue weighted by atomic mass is 32.1. The zero-order chi connectivity index (χ0) is 18.5. The van der Waals surface area contributed by atoms with Crippen molar-refractivity contribution in [3.63, 3.8) is 0 Å². The van der Waals surface area contributed by atoms with Gasteiger partial charge >= 0.3 is 6.03 Å². The third kappa shape index (κ3) is 4.94. The maximum absolute atomic E-state index is 12.0. The number of rotatable bonds is 4. The third-order valence-electron chi connectivity index (χ3n) is 4.83. The molecule has 0 aliphatic carbocycles. The first-order valence-electron chi connectivity index (χ1n) is 8.91. The number of thiophene rings is 1. The molecule has 2 saturated heterocycles. The molecule has 3 amide bonds. The Morgan fingerprint density at radius 2 is 2.19 bits per heavy atom. The molecular weight excluding hydrogens is 356 g/mol. The molecular formula is C17H26N4O4S. The lowest BCUT2D eigenvalue weighted by atomic mass is 10.1. The van der Waals surface area contributed by atoms with Crippen LogP contribution in [0.3, 0.4) is 0 Å². The van der Waals surface area contributed by atoms with Crippen molar-refractivity contribution in [2.75, 3.05) is 44.6 Å². The van der Waals surface area contributed by atoms with Gasteiger partial charge in [-0.15, -0.1) is 11.3 Å². The van der Waals surface area contributed by atoms with Crippen LogP contribution >= 0.6 is 11.3 Å². The molecule has 3 heterocycles. The lowest BCUT2D eigenvalue weighted by Crippen LogP contribution is -2.48. The lowest BCUT2D eigenvalue weighted by molar-refractivity contribution is -0.128. The number of nitrogens with zero attached hydrogens (tertiary/aromatic N) is 2. The summed E-state index contributed by atoms with van der Waals surface area (Å²) in [5.41, 5.74) is 0. The van der Waals surface area contributed by atoms with E-state index in [4.69, 9.17) is 4.74 Å². The lowest BCUT2D eigenvalue weighted by Gasteiger charge is -2.26. The number of aliphatic hydroxyl groups is 1. The Morgan fingerprint density at radius 1 is 1.35 bits per heavy atom. The van der Waals surface area contributed by atoms with Gasteiger partial charge in [0, 0.05) is 33.1 Å². The minimum absolute atomic E-state index is 0.102. The minimum atomic E-state index is -0.753. The van der Waals surface area contributed by atoms with Crippen LogP contribution in [0.25, 0.3) is 0 Å². The van der Waals surface area contributed by atoms with Crippen LogP contribution in [0.2, 0.25) is 0 Å². The molecule has 0 saturated carbocycles. The van der Waals surface area contributed by atoms with E-state index in [9.17, 15) is 14.7 Å². The normalized spacial score (nSPS) is 27.2. The van der Waals surface area contributed by atoms with Gasteiger partial charge in [-0.05, 0) is 30.5 Å². The third-order valence-corrected chi connectivity index (χ3v) is 5.61. The van der Waals surface area contributed by atoms with Crippen molar-refractivity contribution in [1.29, 1.82) is 0 Å². The van der Waals surface area contributed by atoms with Crippen molar-refractivity contribution in [1.82, 2.24) is 15.1 Å². The predicted molar refractivity (Wildman–Crippen MR) is 99.3 cm³/mol. The van der Waals surface area contributed by atoms with E-state index in [2.05, 4.69) is 15.5 Å². The van der Waals surface area contributed by atoms with E-state index < -0.39 is 12.1 Å². The number of anilines is 1. The molecule has 1 aromatic heterocycles. The van der Waals surface area contributed by atoms with Crippen molar-refractivity contribution in [3.8, 4) is 0 Å². The van der Waals surface area contributed by atoms with Crippen molar-refractivity contribution in [3.05, 3.63) is 17.5 Å². The molecule has 0 spiro atoms. The fourth-order valence-electron chi connectivity index (χ4n) is 3.36. The SMILES string of the molecule is CC(=O)N1CCCN(C[C@@H]2OC[C@H](NC(=O)Nc3cccs3)[C@H]2O)CC1. The van der Waals surface area contributed by atoms with Crippen LogP contribution in [0, 0.1) is 0 Å². The van der Waals surface area contributed by atoms with Crippen molar-refractivity contribution < 1.29 is 19.4 Å². The van der Waals surface area contributed by atoms with E-state index >= 15 is 0 Å². The largest absolute Gasteiger partial charge is 0.388 e. The van der Waals surface area contributed by atoms with Gasteiger partial charge in [-0.2, -0.15) is 0 Å². The van der Waals surface area contributed by atoms with Crippen LogP contribution in [-0.2, 0) is 9.53 Å². The first-order chi connectivity index (χ1) is 12.5. The highest BCUT2D eigenvalue weighted by Gasteiger charge is 2.38. The standard InChI is InChI=1S/C17H26N4O4S/c1-12(22)21-6-3-5-20(7-8-21)10-14-16(23)13(11-25-14)18-17(24)19-15-4-2-9-26-15/h2,4,9,13-14,16,23H,3,5-8,10-11H2,1H3,(H2,18,19,24)/t13-,14-,16+/m0/s1. The Hall–Kier alpha value is -1.68. The number of nitrogens with one attached hydrogen (secondary N) is 2. The number of hydrogen-bond donors (Lipinski definition) is 3. The number of aliphatic hydroxyl groups excluding tert-OH is 1. The predicted octanol–water partition coefficient (Wildman–Crippen LogP) is 0.552. The Balaban J connectivity index is 1.45. The minimum Gasteiger partial charge on any atom is -0.388 e. The second-order valence-corrected chi connectivity index (χ2v) is 7.65. The summed E-state index contributed by atoms with van der Waals surface area (Å²) in [5, 5.41) is 18.7. The zero-order valence-corrected chi connectivity index (χ0v) is 15.7. The summed E-state index contributed by atoms with van der Waals surface area (Å²) in [6.45, 7) is 5.58. The maximum atomic E-state index is 12.0. The summed E-state index contributed by atoms with van der Waals surface area (Å²) in [5.74, 6) is 0.102. The topological polar surface area (TPSA) is 94.1 Å². The molecule has 2 aliphatic rings. The van der Waals surface area contributed by atoms with Crippen LogP contribution < -0.4 is 10.6 Å². The number of urea groups is 1. The average molecular weight is 382 g/mol. The number of carbonyl (C=O) groups excluding carboxylic acids is 2. The van der Waals surface area contributed by atoms with Gasteiger partial charge in [0.15, 0.2) is 0 Å². The second-order valence-electron chi connectivity index (χ2n) is 6.70. The molecule has 0 unspecified atom stereocenters. The molecule has 3 rings (SSSR count). The molecule has 1 aromatic rings. The summed E-state index contributed by atoms with van der Waals surface area (Å²) in [6.07, 6.45) is -0.185. The molecule has 0 radical (unpaired) electrons. The Labute approximate surface area is 157 Å². The van der Waals surface area contributed by atoms with Gasteiger partial charge in [0.05, 0.1) is 23.8 Å². The Kier molecular flexibility index (Phi) is 6.47. The highest BCUT2D eigenvalue weighted by molar-refractivity contribution is 7.14. The monoisotopic (exact) mass is 382 g/mol. The Morgan fingerprint density at radius 3 is 2.92 bits per heavy atom. The first kappa shape index (κ1) is 19.1. The average Bonchev–Trinajstić information content (AvgIpc) is 3.14. The smallest absolute Gasteiger partial charge is 0.320 e. The maximum Gasteiger partial charge on any atom is 0.320 e. The van der Waals surface area contributed by atoms with Crippen molar-refractivity contribution in [2.24, 2.45) is 0 Å². The summed E-state index contributed by atoms with van der Waals surface area (Å²) in [4.78, 5) is 27.6. The number of amides is 3. The molecule has 0 aromatic carbocycles. The molecule has 0 bridgehead atoms. The summed E-state index contributed by atoms with van der Waals surface area (Å²) in [6, 6.07) is 2.91. The van der Waals surface area contributed by atoms with E-state index in [1.165, 1.54) is 11.3 Å². The summed E-state index contributed by atoms with van der Waals surface area (Å²) < 4.78 is 5.72. The van der Waals surface area contributed by atoms with E-state index in [1.54, 1.807) is 6.92 Å². The molecule has 2 aliphatic heterocycles. The van der Waals surface area contributed by atoms with Crippen LogP contribution in [0.1, 0.15) is 13.3 Å². The van der Waals surface area contributed by atoms with Crippen molar-refractivity contribution >= 4 is 28.3 Å². The molecule has 8 nitrogen and oxygen atoms in total.